The van der Waals surface area contributed by atoms with Crippen LogP contribution in [0.2, 0.25) is 0 Å². The first-order chi connectivity index (χ1) is 6.83. The van der Waals surface area contributed by atoms with E-state index in [4.69, 9.17) is 5.73 Å². The second-order valence-electron chi connectivity index (χ2n) is 2.74. The van der Waals surface area contributed by atoms with Crippen molar-refractivity contribution in [2.75, 3.05) is 18.4 Å². The highest BCUT2D eigenvalue weighted by molar-refractivity contribution is 5.88. The topological polar surface area (TPSA) is 80.0 Å². The summed E-state index contributed by atoms with van der Waals surface area (Å²) in [4.78, 5) is 15.1. The average molecular weight is 194 g/mol. The minimum atomic E-state index is -0.253. The molecule has 1 heterocycles. The molecule has 0 aliphatic heterocycles. The number of nitrogens with two attached hydrogens (primary N) is 1. The third-order valence-corrected chi connectivity index (χ3v) is 1.57. The zero-order valence-corrected chi connectivity index (χ0v) is 7.86. The predicted molar refractivity (Wildman–Crippen MR) is 54.9 cm³/mol. The van der Waals surface area contributed by atoms with E-state index in [1.54, 1.807) is 18.3 Å². The molecule has 0 bridgehead atoms. The van der Waals surface area contributed by atoms with Gasteiger partial charge in [-0.05, 0) is 25.1 Å². The van der Waals surface area contributed by atoms with Crippen molar-refractivity contribution in [2.24, 2.45) is 5.73 Å². The van der Waals surface area contributed by atoms with Gasteiger partial charge in [-0.2, -0.15) is 0 Å². The van der Waals surface area contributed by atoms with Gasteiger partial charge >= 0.3 is 6.03 Å². The van der Waals surface area contributed by atoms with E-state index in [2.05, 4.69) is 15.6 Å². The Hall–Kier alpha value is -1.62. The summed E-state index contributed by atoms with van der Waals surface area (Å²) in [6.07, 6.45) is 2.39. The molecule has 4 N–H and O–H groups in total. The van der Waals surface area contributed by atoms with E-state index in [1.165, 1.54) is 0 Å². The molecule has 0 aromatic carbocycles. The summed E-state index contributed by atoms with van der Waals surface area (Å²) in [6.45, 7) is 1.15. The van der Waals surface area contributed by atoms with Gasteiger partial charge in [0.05, 0.1) is 0 Å². The van der Waals surface area contributed by atoms with Crippen LogP contribution in [0.3, 0.4) is 0 Å². The average Bonchev–Trinajstić information content (AvgIpc) is 2.20. The molecule has 0 aliphatic rings. The van der Waals surface area contributed by atoms with Crippen molar-refractivity contribution in [3.8, 4) is 0 Å². The first-order valence-electron chi connectivity index (χ1n) is 4.49. The van der Waals surface area contributed by atoms with Crippen molar-refractivity contribution in [3.63, 3.8) is 0 Å². The summed E-state index contributed by atoms with van der Waals surface area (Å²) in [7, 11) is 0. The number of urea groups is 1. The normalized spacial score (nSPS) is 9.50. The van der Waals surface area contributed by atoms with Gasteiger partial charge in [-0.3, -0.25) is 5.32 Å². The Morgan fingerprint density at radius 2 is 2.36 bits per heavy atom. The summed E-state index contributed by atoms with van der Waals surface area (Å²) in [5, 5.41) is 5.26. The van der Waals surface area contributed by atoms with E-state index in [0.717, 1.165) is 6.42 Å². The maximum absolute atomic E-state index is 11.2. The fourth-order valence-electron chi connectivity index (χ4n) is 0.901. The molecule has 0 fully saturated rings. The van der Waals surface area contributed by atoms with Crippen LogP contribution >= 0.6 is 0 Å². The zero-order chi connectivity index (χ0) is 10.2. The first kappa shape index (κ1) is 10.5. The zero-order valence-electron chi connectivity index (χ0n) is 7.86. The van der Waals surface area contributed by atoms with E-state index in [-0.39, 0.29) is 6.03 Å². The summed E-state index contributed by atoms with van der Waals surface area (Å²) >= 11 is 0. The van der Waals surface area contributed by atoms with E-state index >= 15 is 0 Å². The molecule has 76 valence electrons. The van der Waals surface area contributed by atoms with Gasteiger partial charge in [0, 0.05) is 12.7 Å². The van der Waals surface area contributed by atoms with Crippen LogP contribution in [0, 0.1) is 0 Å². The quantitative estimate of drug-likeness (QED) is 0.612. The molecule has 5 nitrogen and oxygen atoms in total. The molecule has 0 saturated carbocycles. The summed E-state index contributed by atoms with van der Waals surface area (Å²) in [5.74, 6) is 0.540. The highest BCUT2D eigenvalue weighted by atomic mass is 16.2. The maximum atomic E-state index is 11.2. The molecule has 14 heavy (non-hydrogen) atoms. The third-order valence-electron chi connectivity index (χ3n) is 1.57. The Labute approximate surface area is 82.7 Å². The molecule has 0 saturated heterocycles. The Bertz CT molecular complexity index is 275. The minimum absolute atomic E-state index is 0.253. The predicted octanol–water partition coefficient (Wildman–Crippen LogP) is 0.552. The van der Waals surface area contributed by atoms with Crippen LogP contribution in [0.5, 0.6) is 0 Å². The standard InChI is InChI=1S/C9H14N4O/c10-5-3-7-12-9(14)13-8-4-1-2-6-11-8/h1-2,4,6H,3,5,7,10H2,(H2,11,12,13,14). The van der Waals surface area contributed by atoms with Gasteiger partial charge in [0.25, 0.3) is 0 Å². The van der Waals surface area contributed by atoms with Crippen molar-refractivity contribution in [3.05, 3.63) is 24.4 Å². The number of anilines is 1. The lowest BCUT2D eigenvalue weighted by Crippen LogP contribution is -2.30. The highest BCUT2D eigenvalue weighted by Crippen LogP contribution is 1.98. The summed E-state index contributed by atoms with van der Waals surface area (Å²) in [6, 6.07) is 5.07. The van der Waals surface area contributed by atoms with Crippen LogP contribution in [0.15, 0.2) is 24.4 Å². The number of amides is 2. The van der Waals surface area contributed by atoms with Gasteiger partial charge in [0.1, 0.15) is 5.82 Å². The number of rotatable bonds is 4. The molecule has 2 amide bonds. The van der Waals surface area contributed by atoms with Crippen molar-refractivity contribution >= 4 is 11.8 Å². The Kier molecular flexibility index (Phi) is 4.43. The second-order valence-corrected chi connectivity index (χ2v) is 2.74. The van der Waals surface area contributed by atoms with E-state index < -0.39 is 0 Å². The Morgan fingerprint density at radius 1 is 1.50 bits per heavy atom. The Balaban J connectivity index is 2.27. The van der Waals surface area contributed by atoms with Crippen LogP contribution in [-0.4, -0.2) is 24.1 Å². The Morgan fingerprint density at radius 3 is 3.00 bits per heavy atom. The summed E-state index contributed by atoms with van der Waals surface area (Å²) in [5.41, 5.74) is 5.28. The molecular formula is C9H14N4O. The highest BCUT2D eigenvalue weighted by Gasteiger charge is 1.99. The lowest BCUT2D eigenvalue weighted by molar-refractivity contribution is 0.252. The number of aromatic nitrogens is 1. The monoisotopic (exact) mass is 194 g/mol. The van der Waals surface area contributed by atoms with Crippen LogP contribution in [-0.2, 0) is 0 Å². The van der Waals surface area contributed by atoms with Gasteiger partial charge in [-0.15, -0.1) is 0 Å². The van der Waals surface area contributed by atoms with Gasteiger partial charge in [-0.1, -0.05) is 6.07 Å². The van der Waals surface area contributed by atoms with Crippen molar-refractivity contribution in [2.45, 2.75) is 6.42 Å². The minimum Gasteiger partial charge on any atom is -0.338 e. The fraction of sp³-hybridized carbons (Fsp3) is 0.333. The van der Waals surface area contributed by atoms with Crippen LogP contribution in [0.25, 0.3) is 0 Å². The third kappa shape index (κ3) is 3.86. The molecule has 5 heteroatoms. The number of nitrogens with one attached hydrogen (secondary N) is 2. The molecular weight excluding hydrogens is 180 g/mol. The number of pyridine rings is 1. The van der Waals surface area contributed by atoms with Crippen LogP contribution in [0.1, 0.15) is 6.42 Å². The molecule has 0 spiro atoms. The van der Waals surface area contributed by atoms with Gasteiger partial charge in [0.15, 0.2) is 0 Å². The fourth-order valence-corrected chi connectivity index (χ4v) is 0.901. The number of carbonyl (C=O) groups is 1. The number of nitrogens with zero attached hydrogens (tertiary/aromatic N) is 1. The SMILES string of the molecule is NCCCNC(=O)Nc1ccccn1. The molecule has 0 atom stereocenters. The largest absolute Gasteiger partial charge is 0.338 e. The van der Waals surface area contributed by atoms with E-state index in [1.807, 2.05) is 6.07 Å². The number of carbonyl (C=O) groups excluding carboxylic acids is 1. The number of hydrogen-bond acceptors (Lipinski definition) is 3. The maximum Gasteiger partial charge on any atom is 0.320 e. The number of hydrogen-bond donors (Lipinski definition) is 3. The van der Waals surface area contributed by atoms with Gasteiger partial charge in [-0.25, -0.2) is 9.78 Å². The van der Waals surface area contributed by atoms with Crippen molar-refractivity contribution in [1.82, 2.24) is 10.3 Å². The lowest BCUT2D eigenvalue weighted by Gasteiger charge is -2.05. The smallest absolute Gasteiger partial charge is 0.320 e. The first-order valence-corrected chi connectivity index (χ1v) is 4.49. The van der Waals surface area contributed by atoms with Gasteiger partial charge in [0.2, 0.25) is 0 Å². The summed E-state index contributed by atoms with van der Waals surface area (Å²) < 4.78 is 0. The molecule has 0 aliphatic carbocycles. The molecule has 1 aromatic heterocycles. The molecule has 0 radical (unpaired) electrons. The molecule has 1 rings (SSSR count). The van der Waals surface area contributed by atoms with Crippen molar-refractivity contribution in [1.29, 1.82) is 0 Å². The van der Waals surface area contributed by atoms with Crippen LogP contribution in [0.4, 0.5) is 10.6 Å². The second kappa shape index (κ2) is 5.93. The van der Waals surface area contributed by atoms with E-state index in [0.29, 0.717) is 18.9 Å². The molecule has 1 aromatic rings. The van der Waals surface area contributed by atoms with Crippen LogP contribution < -0.4 is 16.4 Å². The van der Waals surface area contributed by atoms with Crippen molar-refractivity contribution < 1.29 is 4.79 Å². The van der Waals surface area contributed by atoms with E-state index in [9.17, 15) is 4.79 Å². The lowest BCUT2D eigenvalue weighted by atomic mass is 10.4. The van der Waals surface area contributed by atoms with Gasteiger partial charge < -0.3 is 11.1 Å². The molecule has 0 unspecified atom stereocenters.